The third kappa shape index (κ3) is 6.30. The molecule has 1 aromatic carbocycles. The molecule has 3 amide bonds. The number of thiophene rings is 1. The molecule has 1 aliphatic rings. The standard InChI is InChI=1S/C22H29N3O3S/c1-23(2)22(27)25(15-19-10-6-12-28-19)17-21(26)24(16-20-11-7-13-29-20)14-18-8-4-3-5-9-18/h3-5,7-9,11,13,19H,6,10,12,14-17H2,1-2H3. The largest absolute Gasteiger partial charge is 0.376 e. The topological polar surface area (TPSA) is 53.1 Å². The first-order valence-corrected chi connectivity index (χ1v) is 10.8. The van der Waals surface area contributed by atoms with E-state index < -0.39 is 0 Å². The van der Waals surface area contributed by atoms with Gasteiger partial charge in [-0.05, 0) is 29.9 Å². The lowest BCUT2D eigenvalue weighted by molar-refractivity contribution is -0.133. The SMILES string of the molecule is CN(C)C(=O)N(CC(=O)N(Cc1ccccc1)Cc1cccs1)CC1CCCO1. The number of urea groups is 1. The second-order valence-electron chi connectivity index (χ2n) is 7.51. The Hall–Kier alpha value is -2.38. The maximum atomic E-state index is 13.3. The minimum absolute atomic E-state index is 0.00608. The monoisotopic (exact) mass is 415 g/mol. The lowest BCUT2D eigenvalue weighted by atomic mass is 10.2. The number of nitrogens with zero attached hydrogens (tertiary/aromatic N) is 3. The Bertz CT molecular complexity index is 774. The van der Waals surface area contributed by atoms with E-state index >= 15 is 0 Å². The molecule has 1 aromatic heterocycles. The lowest BCUT2D eigenvalue weighted by Crippen LogP contribution is -2.48. The van der Waals surface area contributed by atoms with Gasteiger partial charge in [-0.3, -0.25) is 4.79 Å². The van der Waals surface area contributed by atoms with E-state index in [-0.39, 0.29) is 24.6 Å². The van der Waals surface area contributed by atoms with E-state index in [2.05, 4.69) is 0 Å². The molecule has 6 nitrogen and oxygen atoms in total. The van der Waals surface area contributed by atoms with Gasteiger partial charge >= 0.3 is 6.03 Å². The highest BCUT2D eigenvalue weighted by Gasteiger charge is 2.27. The summed E-state index contributed by atoms with van der Waals surface area (Å²) in [6, 6.07) is 13.8. The second-order valence-corrected chi connectivity index (χ2v) is 8.54. The van der Waals surface area contributed by atoms with Crippen LogP contribution in [0.2, 0.25) is 0 Å². The molecule has 29 heavy (non-hydrogen) atoms. The normalized spacial score (nSPS) is 15.9. The average Bonchev–Trinajstić information content (AvgIpc) is 3.41. The molecule has 1 atom stereocenters. The van der Waals surface area contributed by atoms with E-state index in [4.69, 9.17) is 4.74 Å². The summed E-state index contributed by atoms with van der Waals surface area (Å²) in [6.45, 7) is 2.27. The molecular weight excluding hydrogens is 386 g/mol. The Morgan fingerprint density at radius 3 is 2.48 bits per heavy atom. The van der Waals surface area contributed by atoms with Crippen molar-refractivity contribution in [1.82, 2.24) is 14.7 Å². The number of amides is 3. The summed E-state index contributed by atoms with van der Waals surface area (Å²) in [5.41, 5.74) is 1.07. The molecule has 7 heteroatoms. The van der Waals surface area contributed by atoms with Crippen LogP contribution < -0.4 is 0 Å². The fraction of sp³-hybridized carbons (Fsp3) is 0.455. The summed E-state index contributed by atoms with van der Waals surface area (Å²) in [6.07, 6.45) is 1.93. The van der Waals surface area contributed by atoms with Crippen molar-refractivity contribution in [3.8, 4) is 0 Å². The van der Waals surface area contributed by atoms with Crippen LogP contribution in [0.25, 0.3) is 0 Å². The maximum Gasteiger partial charge on any atom is 0.320 e. The van der Waals surface area contributed by atoms with Crippen LogP contribution in [-0.4, -0.2) is 66.5 Å². The van der Waals surface area contributed by atoms with Crippen LogP contribution in [0.15, 0.2) is 47.8 Å². The molecule has 1 aliphatic heterocycles. The molecule has 0 spiro atoms. The van der Waals surface area contributed by atoms with E-state index in [0.717, 1.165) is 29.9 Å². The molecule has 0 aliphatic carbocycles. The number of hydrogen-bond acceptors (Lipinski definition) is 4. The Labute approximate surface area is 176 Å². The van der Waals surface area contributed by atoms with Crippen LogP contribution >= 0.6 is 11.3 Å². The van der Waals surface area contributed by atoms with Crippen LogP contribution in [0.5, 0.6) is 0 Å². The van der Waals surface area contributed by atoms with Gasteiger partial charge in [-0.25, -0.2) is 4.79 Å². The van der Waals surface area contributed by atoms with Crippen LogP contribution in [0.3, 0.4) is 0 Å². The summed E-state index contributed by atoms with van der Waals surface area (Å²) in [4.78, 5) is 32.0. The Kier molecular flexibility index (Phi) is 7.66. The van der Waals surface area contributed by atoms with Crippen molar-refractivity contribution in [2.45, 2.75) is 32.0 Å². The molecule has 1 fully saturated rings. The first-order valence-electron chi connectivity index (χ1n) is 9.95. The first kappa shape index (κ1) is 21.3. The van der Waals surface area contributed by atoms with Gasteiger partial charge in [0.2, 0.25) is 5.91 Å². The predicted molar refractivity (Wildman–Crippen MR) is 115 cm³/mol. The first-order chi connectivity index (χ1) is 14.0. The minimum Gasteiger partial charge on any atom is -0.376 e. The molecule has 1 saturated heterocycles. The summed E-state index contributed by atoms with van der Waals surface area (Å²) in [5, 5.41) is 2.01. The Balaban J connectivity index is 1.73. The summed E-state index contributed by atoms with van der Waals surface area (Å²) in [5.74, 6) is -0.0598. The van der Waals surface area contributed by atoms with Crippen LogP contribution in [0.1, 0.15) is 23.3 Å². The fourth-order valence-electron chi connectivity index (χ4n) is 3.42. The van der Waals surface area contributed by atoms with Gasteiger partial charge in [0.1, 0.15) is 6.54 Å². The van der Waals surface area contributed by atoms with Crippen LogP contribution in [-0.2, 0) is 22.6 Å². The van der Waals surface area contributed by atoms with E-state index in [1.165, 1.54) is 4.90 Å². The zero-order valence-corrected chi connectivity index (χ0v) is 17.9. The average molecular weight is 416 g/mol. The van der Waals surface area contributed by atoms with Gasteiger partial charge in [-0.2, -0.15) is 0 Å². The van der Waals surface area contributed by atoms with Crippen molar-refractivity contribution in [2.24, 2.45) is 0 Å². The highest BCUT2D eigenvalue weighted by atomic mass is 32.1. The summed E-state index contributed by atoms with van der Waals surface area (Å²) >= 11 is 1.63. The summed E-state index contributed by atoms with van der Waals surface area (Å²) in [7, 11) is 3.42. The summed E-state index contributed by atoms with van der Waals surface area (Å²) < 4.78 is 5.70. The predicted octanol–water partition coefficient (Wildman–Crippen LogP) is 3.44. The number of carbonyl (C=O) groups is 2. The number of rotatable bonds is 8. The molecule has 0 bridgehead atoms. The molecule has 0 N–H and O–H groups in total. The molecule has 0 saturated carbocycles. The lowest BCUT2D eigenvalue weighted by Gasteiger charge is -2.30. The van der Waals surface area contributed by atoms with E-state index in [0.29, 0.717) is 19.6 Å². The van der Waals surface area contributed by atoms with Crippen molar-refractivity contribution in [3.63, 3.8) is 0 Å². The van der Waals surface area contributed by atoms with Gasteiger partial charge in [-0.1, -0.05) is 36.4 Å². The van der Waals surface area contributed by atoms with Crippen molar-refractivity contribution < 1.29 is 14.3 Å². The van der Waals surface area contributed by atoms with Crippen molar-refractivity contribution in [2.75, 3.05) is 33.8 Å². The van der Waals surface area contributed by atoms with Gasteiger partial charge in [0.05, 0.1) is 12.6 Å². The zero-order chi connectivity index (χ0) is 20.6. The van der Waals surface area contributed by atoms with Crippen LogP contribution in [0, 0.1) is 0 Å². The van der Waals surface area contributed by atoms with Gasteiger partial charge in [0.15, 0.2) is 0 Å². The number of hydrogen-bond donors (Lipinski definition) is 0. The van der Waals surface area contributed by atoms with Gasteiger partial charge in [-0.15, -0.1) is 11.3 Å². The smallest absolute Gasteiger partial charge is 0.320 e. The minimum atomic E-state index is -0.162. The molecule has 3 rings (SSSR count). The Morgan fingerprint density at radius 1 is 1.07 bits per heavy atom. The fourth-order valence-corrected chi connectivity index (χ4v) is 4.14. The zero-order valence-electron chi connectivity index (χ0n) is 17.1. The molecular formula is C22H29N3O3S. The maximum absolute atomic E-state index is 13.3. The highest BCUT2D eigenvalue weighted by Crippen LogP contribution is 2.17. The van der Waals surface area contributed by atoms with Crippen molar-refractivity contribution in [3.05, 3.63) is 58.3 Å². The van der Waals surface area contributed by atoms with Crippen molar-refractivity contribution in [1.29, 1.82) is 0 Å². The second kappa shape index (κ2) is 10.4. The quantitative estimate of drug-likeness (QED) is 0.664. The number of benzene rings is 1. The van der Waals surface area contributed by atoms with Crippen molar-refractivity contribution >= 4 is 23.3 Å². The number of carbonyl (C=O) groups excluding carboxylic acids is 2. The molecule has 0 radical (unpaired) electrons. The van der Waals surface area contributed by atoms with E-state index in [1.54, 1.807) is 30.3 Å². The van der Waals surface area contributed by atoms with E-state index in [9.17, 15) is 9.59 Å². The number of ether oxygens (including phenoxy) is 1. The molecule has 156 valence electrons. The molecule has 2 aromatic rings. The van der Waals surface area contributed by atoms with Crippen LogP contribution in [0.4, 0.5) is 4.79 Å². The Morgan fingerprint density at radius 2 is 1.86 bits per heavy atom. The third-order valence-electron chi connectivity index (χ3n) is 4.92. The molecule has 1 unspecified atom stereocenters. The van der Waals surface area contributed by atoms with Gasteiger partial charge in [0, 0.05) is 38.7 Å². The third-order valence-corrected chi connectivity index (χ3v) is 5.78. The van der Waals surface area contributed by atoms with Gasteiger partial charge in [0.25, 0.3) is 0 Å². The highest BCUT2D eigenvalue weighted by molar-refractivity contribution is 7.09. The molecule has 2 heterocycles. The van der Waals surface area contributed by atoms with E-state index in [1.807, 2.05) is 52.7 Å². The van der Waals surface area contributed by atoms with Gasteiger partial charge < -0.3 is 19.4 Å².